The minimum atomic E-state index is 0.391. The summed E-state index contributed by atoms with van der Waals surface area (Å²) in [6.07, 6.45) is 6.84. The summed E-state index contributed by atoms with van der Waals surface area (Å²) in [5, 5.41) is 4.09. The number of hydrogen-bond acceptors (Lipinski definition) is 3. The maximum atomic E-state index is 5.91. The fourth-order valence-corrected chi connectivity index (χ4v) is 2.47. The molecule has 0 bridgehead atoms. The highest BCUT2D eigenvalue weighted by Gasteiger charge is 2.21. The third kappa shape index (κ3) is 3.33. The normalized spacial score (nSPS) is 24.6. The smallest absolute Gasteiger partial charge is 0.132 e. The predicted molar refractivity (Wildman–Crippen MR) is 70.7 cm³/mol. The maximum absolute atomic E-state index is 5.91. The van der Waals surface area contributed by atoms with Crippen molar-refractivity contribution in [3.05, 3.63) is 23.0 Å². The van der Waals surface area contributed by atoms with Crippen molar-refractivity contribution in [2.24, 2.45) is 0 Å². The molecule has 1 N–H and O–H groups in total. The first-order chi connectivity index (χ1) is 8.19. The summed E-state index contributed by atoms with van der Waals surface area (Å²) >= 11 is 5.91. The number of halogens is 1. The number of aromatic nitrogens is 1. The molecule has 1 heterocycles. The SMILES string of the molecule is COC1CCCC(Nc2cnc(Cl)c(C)c2)C1. The molecular formula is C13H19ClN2O. The van der Waals surface area contributed by atoms with Gasteiger partial charge in [0.25, 0.3) is 0 Å². The van der Waals surface area contributed by atoms with Gasteiger partial charge in [-0.25, -0.2) is 4.98 Å². The Bertz CT molecular complexity index is 384. The Balaban J connectivity index is 1.97. The summed E-state index contributed by atoms with van der Waals surface area (Å²) in [6, 6.07) is 2.53. The van der Waals surface area contributed by atoms with Crippen LogP contribution in [0.25, 0.3) is 0 Å². The third-order valence-corrected chi connectivity index (χ3v) is 3.74. The second-order valence-corrected chi connectivity index (χ2v) is 5.06. The molecule has 1 saturated carbocycles. The molecule has 1 aromatic heterocycles. The lowest BCUT2D eigenvalue weighted by molar-refractivity contribution is 0.0669. The van der Waals surface area contributed by atoms with Crippen molar-refractivity contribution in [2.75, 3.05) is 12.4 Å². The third-order valence-electron chi connectivity index (χ3n) is 3.34. The van der Waals surface area contributed by atoms with E-state index in [9.17, 15) is 0 Å². The maximum Gasteiger partial charge on any atom is 0.132 e. The first-order valence-corrected chi connectivity index (χ1v) is 6.48. The number of aryl methyl sites for hydroxylation is 1. The number of rotatable bonds is 3. The number of hydrogen-bond donors (Lipinski definition) is 1. The molecule has 17 heavy (non-hydrogen) atoms. The average molecular weight is 255 g/mol. The first-order valence-electron chi connectivity index (χ1n) is 6.10. The summed E-state index contributed by atoms with van der Waals surface area (Å²) in [5.41, 5.74) is 2.06. The topological polar surface area (TPSA) is 34.1 Å². The van der Waals surface area contributed by atoms with E-state index in [1.54, 1.807) is 13.3 Å². The van der Waals surface area contributed by atoms with Crippen LogP contribution in [0.1, 0.15) is 31.2 Å². The Labute approximate surface area is 108 Å². The second-order valence-electron chi connectivity index (χ2n) is 4.70. The molecule has 0 spiro atoms. The standard InChI is InChI=1S/C13H19ClN2O/c1-9-6-11(8-15-13(9)14)16-10-4-3-5-12(7-10)17-2/h6,8,10,12,16H,3-5,7H2,1-2H3. The van der Waals surface area contributed by atoms with Crippen LogP contribution in [0.3, 0.4) is 0 Å². The van der Waals surface area contributed by atoms with E-state index >= 15 is 0 Å². The van der Waals surface area contributed by atoms with Gasteiger partial charge in [-0.15, -0.1) is 0 Å². The molecule has 1 aromatic rings. The highest BCUT2D eigenvalue weighted by molar-refractivity contribution is 6.30. The highest BCUT2D eigenvalue weighted by atomic mass is 35.5. The van der Waals surface area contributed by atoms with Crippen LogP contribution in [0, 0.1) is 6.92 Å². The van der Waals surface area contributed by atoms with Gasteiger partial charge in [0.2, 0.25) is 0 Å². The van der Waals surface area contributed by atoms with Gasteiger partial charge in [0.05, 0.1) is 18.0 Å². The Kier molecular flexibility index (Phi) is 4.24. The summed E-state index contributed by atoms with van der Waals surface area (Å²) in [5.74, 6) is 0. The molecule has 4 heteroatoms. The van der Waals surface area contributed by atoms with Crippen LogP contribution >= 0.6 is 11.6 Å². The van der Waals surface area contributed by atoms with E-state index in [1.807, 2.05) is 13.0 Å². The second kappa shape index (κ2) is 5.69. The van der Waals surface area contributed by atoms with Gasteiger partial charge in [-0.2, -0.15) is 0 Å². The zero-order chi connectivity index (χ0) is 12.3. The minimum absolute atomic E-state index is 0.391. The van der Waals surface area contributed by atoms with Gasteiger partial charge in [0.15, 0.2) is 0 Å². The molecule has 2 rings (SSSR count). The fraction of sp³-hybridized carbons (Fsp3) is 0.615. The van der Waals surface area contributed by atoms with E-state index in [2.05, 4.69) is 10.3 Å². The number of ether oxygens (including phenoxy) is 1. The quantitative estimate of drug-likeness (QED) is 0.840. The van der Waals surface area contributed by atoms with E-state index in [-0.39, 0.29) is 0 Å². The monoisotopic (exact) mass is 254 g/mol. The summed E-state index contributed by atoms with van der Waals surface area (Å²) in [6.45, 7) is 1.97. The molecule has 3 nitrogen and oxygen atoms in total. The fourth-order valence-electron chi connectivity index (χ4n) is 2.36. The lowest BCUT2D eigenvalue weighted by atomic mass is 9.92. The van der Waals surface area contributed by atoms with E-state index in [4.69, 9.17) is 16.3 Å². The zero-order valence-electron chi connectivity index (χ0n) is 10.4. The largest absolute Gasteiger partial charge is 0.381 e. The summed E-state index contributed by atoms with van der Waals surface area (Å²) in [4.78, 5) is 4.16. The van der Waals surface area contributed by atoms with Gasteiger partial charge < -0.3 is 10.1 Å². The van der Waals surface area contributed by atoms with Crippen LogP contribution < -0.4 is 5.32 Å². The van der Waals surface area contributed by atoms with Crippen LogP contribution in [0.4, 0.5) is 5.69 Å². The lowest BCUT2D eigenvalue weighted by Gasteiger charge is -2.29. The molecule has 94 valence electrons. The van der Waals surface area contributed by atoms with E-state index < -0.39 is 0 Å². The lowest BCUT2D eigenvalue weighted by Crippen LogP contribution is -2.31. The van der Waals surface area contributed by atoms with Crippen molar-refractivity contribution in [3.8, 4) is 0 Å². The average Bonchev–Trinajstić information content (AvgIpc) is 2.34. The molecule has 1 fully saturated rings. The number of nitrogens with zero attached hydrogens (tertiary/aromatic N) is 1. The number of pyridine rings is 1. The summed E-state index contributed by atoms with van der Waals surface area (Å²) < 4.78 is 5.43. The molecule has 0 aromatic carbocycles. The van der Waals surface area contributed by atoms with Crippen LogP contribution in [0.2, 0.25) is 5.15 Å². The van der Waals surface area contributed by atoms with Gasteiger partial charge in [0, 0.05) is 13.2 Å². The van der Waals surface area contributed by atoms with Crippen LogP contribution in [-0.4, -0.2) is 24.2 Å². The molecule has 2 atom stereocenters. The van der Waals surface area contributed by atoms with Gasteiger partial charge in [0.1, 0.15) is 5.15 Å². The van der Waals surface area contributed by atoms with Crippen molar-refractivity contribution in [1.82, 2.24) is 4.98 Å². The van der Waals surface area contributed by atoms with E-state index in [0.29, 0.717) is 17.3 Å². The molecular weight excluding hydrogens is 236 g/mol. The molecule has 0 amide bonds. The highest BCUT2D eigenvalue weighted by Crippen LogP contribution is 2.24. The van der Waals surface area contributed by atoms with Crippen molar-refractivity contribution >= 4 is 17.3 Å². The molecule has 2 unspecified atom stereocenters. The van der Waals surface area contributed by atoms with E-state index in [1.165, 1.54) is 19.3 Å². The molecule has 0 saturated heterocycles. The molecule has 0 radical (unpaired) electrons. The van der Waals surface area contributed by atoms with Crippen molar-refractivity contribution in [1.29, 1.82) is 0 Å². The first kappa shape index (κ1) is 12.7. The Morgan fingerprint density at radius 2 is 2.29 bits per heavy atom. The molecule has 0 aliphatic heterocycles. The predicted octanol–water partition coefficient (Wildman–Crippen LogP) is 3.41. The van der Waals surface area contributed by atoms with Gasteiger partial charge in [-0.3, -0.25) is 0 Å². The van der Waals surface area contributed by atoms with E-state index in [0.717, 1.165) is 17.7 Å². The molecule has 1 aliphatic carbocycles. The van der Waals surface area contributed by atoms with Crippen LogP contribution in [0.5, 0.6) is 0 Å². The van der Waals surface area contributed by atoms with Crippen molar-refractivity contribution < 1.29 is 4.74 Å². The van der Waals surface area contributed by atoms with Gasteiger partial charge in [-0.1, -0.05) is 11.6 Å². The van der Waals surface area contributed by atoms with Crippen LogP contribution in [-0.2, 0) is 4.74 Å². The van der Waals surface area contributed by atoms with Crippen LogP contribution in [0.15, 0.2) is 12.3 Å². The zero-order valence-corrected chi connectivity index (χ0v) is 11.1. The Morgan fingerprint density at radius 3 is 3.00 bits per heavy atom. The van der Waals surface area contributed by atoms with Gasteiger partial charge in [-0.05, 0) is 44.2 Å². The Morgan fingerprint density at radius 1 is 1.47 bits per heavy atom. The number of anilines is 1. The molecule has 1 aliphatic rings. The number of nitrogens with one attached hydrogen (secondary N) is 1. The van der Waals surface area contributed by atoms with Crippen molar-refractivity contribution in [2.45, 2.75) is 44.8 Å². The Hall–Kier alpha value is -0.800. The van der Waals surface area contributed by atoms with Gasteiger partial charge >= 0.3 is 0 Å². The summed E-state index contributed by atoms with van der Waals surface area (Å²) in [7, 11) is 1.79. The van der Waals surface area contributed by atoms with Crippen molar-refractivity contribution in [3.63, 3.8) is 0 Å². The number of methoxy groups -OCH3 is 1. The minimum Gasteiger partial charge on any atom is -0.381 e.